The van der Waals surface area contributed by atoms with Crippen molar-refractivity contribution in [1.29, 1.82) is 0 Å². The minimum absolute atomic E-state index is 0.176. The highest BCUT2D eigenvalue weighted by Crippen LogP contribution is 2.45. The minimum Gasteiger partial charge on any atom is -0.455 e. The number of carbonyl (C=O) groups excluding carboxylic acids is 1. The van der Waals surface area contributed by atoms with Crippen molar-refractivity contribution in [2.45, 2.75) is 58.8 Å². The highest BCUT2D eigenvalue weighted by molar-refractivity contribution is 7.97. The first-order chi connectivity index (χ1) is 15.8. The molecular weight excluding hydrogens is 412 g/mol. The monoisotopic (exact) mass is 441 g/mol. The van der Waals surface area contributed by atoms with Gasteiger partial charge in [0.1, 0.15) is 5.60 Å². The number of hydrogen-bond acceptors (Lipinski definition) is 2. The lowest BCUT2D eigenvalue weighted by Gasteiger charge is -2.35. The van der Waals surface area contributed by atoms with Crippen LogP contribution in [0.3, 0.4) is 0 Å². The molecule has 0 bridgehead atoms. The quantitative estimate of drug-likeness (QED) is 0.229. The molecule has 2 aliphatic rings. The first-order valence-corrected chi connectivity index (χ1v) is 12.8. The Morgan fingerprint density at radius 3 is 1.75 bits per heavy atom. The first-order valence-electron chi connectivity index (χ1n) is 11.6. The van der Waals surface area contributed by atoms with E-state index in [1.54, 1.807) is 0 Å². The highest BCUT2D eigenvalue weighted by Gasteiger charge is 2.44. The average molecular weight is 442 g/mol. The van der Waals surface area contributed by atoms with Gasteiger partial charge in [-0.1, -0.05) is 48.6 Å². The molecule has 1 fully saturated rings. The van der Waals surface area contributed by atoms with Crippen molar-refractivity contribution >= 4 is 16.9 Å². The predicted molar refractivity (Wildman–Crippen MR) is 130 cm³/mol. The van der Waals surface area contributed by atoms with Crippen LogP contribution in [0.15, 0.2) is 112 Å². The molecule has 3 aromatic rings. The van der Waals surface area contributed by atoms with Gasteiger partial charge in [-0.25, -0.2) is 4.79 Å². The molecule has 0 unspecified atom stereocenters. The molecule has 0 N–H and O–H groups in total. The van der Waals surface area contributed by atoms with Crippen LogP contribution in [0.1, 0.15) is 48.9 Å². The average Bonchev–Trinajstić information content (AvgIpc) is 3.54. The molecule has 5 rings (SSSR count). The van der Waals surface area contributed by atoms with Crippen LogP contribution in [0.25, 0.3) is 0 Å². The van der Waals surface area contributed by atoms with Crippen LogP contribution in [-0.2, 0) is 15.6 Å². The fraction of sp³-hybridized carbons (Fsp3) is 0.276. The first kappa shape index (κ1) is 21.1. The Balaban J connectivity index is 1.39. The molecule has 0 spiro atoms. The Bertz CT molecular complexity index is 1020. The van der Waals surface area contributed by atoms with Gasteiger partial charge in [0.25, 0.3) is 0 Å². The summed E-state index contributed by atoms with van der Waals surface area (Å²) in [4.78, 5) is 16.9. The standard InChI is InChI=1S/C29H29O2S/c30-28(31-29(21-9-10-22-29)24-11-7-8-12-24)23-17-19-27(20-18-23)32(25-13-3-1-4-14-25)26-15-5-2-6-16-26/h1-8,13-20,24H,9-12,21-22H2/q+1. The lowest BCUT2D eigenvalue weighted by atomic mass is 9.83. The molecule has 0 saturated heterocycles. The summed E-state index contributed by atoms with van der Waals surface area (Å²) >= 11 is 0. The second-order valence-electron chi connectivity index (χ2n) is 8.76. The Hall–Kier alpha value is -2.78. The van der Waals surface area contributed by atoms with Crippen molar-refractivity contribution in [3.05, 3.63) is 103 Å². The van der Waals surface area contributed by atoms with E-state index in [0.29, 0.717) is 11.5 Å². The summed E-state index contributed by atoms with van der Waals surface area (Å²) < 4.78 is 6.26. The summed E-state index contributed by atoms with van der Waals surface area (Å²) in [5.41, 5.74) is 0.369. The maximum atomic E-state index is 13.1. The van der Waals surface area contributed by atoms with E-state index >= 15 is 0 Å². The van der Waals surface area contributed by atoms with Crippen molar-refractivity contribution in [3.8, 4) is 0 Å². The van der Waals surface area contributed by atoms with Gasteiger partial charge in [-0.05, 0) is 87.1 Å². The largest absolute Gasteiger partial charge is 0.455 e. The van der Waals surface area contributed by atoms with E-state index in [2.05, 4.69) is 72.8 Å². The van der Waals surface area contributed by atoms with Gasteiger partial charge in [0.2, 0.25) is 0 Å². The van der Waals surface area contributed by atoms with Crippen molar-refractivity contribution in [3.63, 3.8) is 0 Å². The van der Waals surface area contributed by atoms with E-state index in [4.69, 9.17) is 4.74 Å². The molecule has 162 valence electrons. The zero-order chi connectivity index (χ0) is 21.8. The molecule has 2 nitrogen and oxygen atoms in total. The highest BCUT2D eigenvalue weighted by atomic mass is 32.2. The van der Waals surface area contributed by atoms with Crippen molar-refractivity contribution in [2.24, 2.45) is 5.92 Å². The fourth-order valence-electron chi connectivity index (χ4n) is 5.11. The van der Waals surface area contributed by atoms with E-state index in [1.807, 2.05) is 24.3 Å². The molecule has 2 aliphatic carbocycles. The zero-order valence-corrected chi connectivity index (χ0v) is 19.1. The van der Waals surface area contributed by atoms with E-state index in [9.17, 15) is 4.79 Å². The maximum absolute atomic E-state index is 13.1. The van der Waals surface area contributed by atoms with Crippen LogP contribution in [0, 0.1) is 5.92 Å². The molecule has 1 saturated carbocycles. The van der Waals surface area contributed by atoms with Crippen molar-refractivity contribution in [1.82, 2.24) is 0 Å². The van der Waals surface area contributed by atoms with Gasteiger partial charge in [0.05, 0.1) is 16.5 Å². The van der Waals surface area contributed by atoms with Crippen LogP contribution in [0.4, 0.5) is 0 Å². The molecular formula is C29H29O2S+. The number of ether oxygens (including phenoxy) is 1. The number of allylic oxidation sites excluding steroid dienone is 2. The maximum Gasteiger partial charge on any atom is 0.338 e. The summed E-state index contributed by atoms with van der Waals surface area (Å²) in [5.74, 6) is 0.264. The molecule has 0 radical (unpaired) electrons. The number of benzene rings is 3. The molecule has 0 heterocycles. The normalized spacial score (nSPS) is 17.7. The SMILES string of the molecule is O=C(OC1(C2CC=CC2)CCCC1)c1ccc([S+](c2ccccc2)c2ccccc2)cc1. The number of esters is 1. The Morgan fingerprint density at radius 2 is 1.22 bits per heavy atom. The van der Waals surface area contributed by atoms with Gasteiger partial charge in [-0.3, -0.25) is 0 Å². The van der Waals surface area contributed by atoms with Gasteiger partial charge in [0, 0.05) is 5.92 Å². The third kappa shape index (κ3) is 4.27. The van der Waals surface area contributed by atoms with Gasteiger partial charge < -0.3 is 4.74 Å². The van der Waals surface area contributed by atoms with Gasteiger partial charge in [0.15, 0.2) is 14.7 Å². The Kier molecular flexibility index (Phi) is 6.18. The van der Waals surface area contributed by atoms with Gasteiger partial charge in [-0.2, -0.15) is 0 Å². The van der Waals surface area contributed by atoms with Gasteiger partial charge in [-0.15, -0.1) is 0 Å². The van der Waals surface area contributed by atoms with E-state index in [1.165, 1.54) is 14.7 Å². The van der Waals surface area contributed by atoms with Crippen LogP contribution < -0.4 is 0 Å². The Morgan fingerprint density at radius 1 is 0.719 bits per heavy atom. The minimum atomic E-state index is -0.280. The van der Waals surface area contributed by atoms with E-state index < -0.39 is 0 Å². The molecule has 0 aliphatic heterocycles. The van der Waals surface area contributed by atoms with Crippen LogP contribution in [0.2, 0.25) is 0 Å². The van der Waals surface area contributed by atoms with E-state index in [-0.39, 0.29) is 22.5 Å². The fourth-order valence-corrected chi connectivity index (χ4v) is 7.19. The third-order valence-electron chi connectivity index (χ3n) is 6.78. The number of rotatable bonds is 6. The lowest BCUT2D eigenvalue weighted by molar-refractivity contribution is -0.0452. The molecule has 32 heavy (non-hydrogen) atoms. The third-order valence-corrected chi connectivity index (χ3v) is 9.01. The molecule has 0 aromatic heterocycles. The molecule has 0 atom stereocenters. The summed E-state index contributed by atoms with van der Waals surface area (Å²) in [6.07, 6.45) is 10.8. The second kappa shape index (κ2) is 9.38. The lowest BCUT2D eigenvalue weighted by Crippen LogP contribution is -2.39. The van der Waals surface area contributed by atoms with E-state index in [0.717, 1.165) is 38.5 Å². The second-order valence-corrected chi connectivity index (χ2v) is 10.8. The number of hydrogen-bond donors (Lipinski definition) is 0. The summed E-state index contributed by atoms with van der Waals surface area (Å²) in [6.45, 7) is 0. The summed E-state index contributed by atoms with van der Waals surface area (Å²) in [7, 11) is -0.211. The topological polar surface area (TPSA) is 26.3 Å². The number of carbonyl (C=O) groups is 1. The van der Waals surface area contributed by atoms with Crippen LogP contribution in [-0.4, -0.2) is 11.6 Å². The van der Waals surface area contributed by atoms with Crippen molar-refractivity contribution < 1.29 is 9.53 Å². The summed E-state index contributed by atoms with van der Waals surface area (Å²) in [5, 5.41) is 0. The molecule has 3 aromatic carbocycles. The zero-order valence-electron chi connectivity index (χ0n) is 18.3. The summed E-state index contributed by atoms with van der Waals surface area (Å²) in [6, 6.07) is 29.2. The Labute approximate surface area is 193 Å². The smallest absolute Gasteiger partial charge is 0.338 e. The van der Waals surface area contributed by atoms with Crippen molar-refractivity contribution in [2.75, 3.05) is 0 Å². The molecule has 0 amide bonds. The molecule has 3 heteroatoms. The van der Waals surface area contributed by atoms with Crippen LogP contribution >= 0.6 is 0 Å². The van der Waals surface area contributed by atoms with Crippen LogP contribution in [0.5, 0.6) is 0 Å². The van der Waals surface area contributed by atoms with Gasteiger partial charge >= 0.3 is 5.97 Å². The predicted octanol–water partition coefficient (Wildman–Crippen LogP) is 7.22.